The molecule has 1 saturated heterocycles. The van der Waals surface area contributed by atoms with Gasteiger partial charge in [-0.25, -0.2) is 4.98 Å². The highest BCUT2D eigenvalue weighted by atomic mass is 16.5. The van der Waals surface area contributed by atoms with Crippen LogP contribution in [0.2, 0.25) is 0 Å². The van der Waals surface area contributed by atoms with Gasteiger partial charge in [-0.2, -0.15) is 0 Å². The fourth-order valence-corrected chi connectivity index (χ4v) is 2.20. The van der Waals surface area contributed by atoms with Crippen molar-refractivity contribution in [2.24, 2.45) is 0 Å². The van der Waals surface area contributed by atoms with E-state index in [2.05, 4.69) is 10.3 Å². The van der Waals surface area contributed by atoms with Crippen LogP contribution in [0.1, 0.15) is 5.56 Å². The normalized spacial score (nSPS) is 23.4. The van der Waals surface area contributed by atoms with E-state index in [0.717, 1.165) is 23.6 Å². The van der Waals surface area contributed by atoms with Gasteiger partial charge in [-0.1, -0.05) is 0 Å². The highest BCUT2D eigenvalue weighted by Gasteiger charge is 2.36. The fourth-order valence-electron chi connectivity index (χ4n) is 2.20. The Bertz CT molecular complexity index is 447. The molecule has 1 unspecified atom stereocenters. The van der Waals surface area contributed by atoms with Crippen LogP contribution in [-0.4, -0.2) is 36.7 Å². The van der Waals surface area contributed by atoms with Crippen molar-refractivity contribution in [3.63, 3.8) is 0 Å². The summed E-state index contributed by atoms with van der Waals surface area (Å²) in [4.78, 5) is 18.3. The predicted molar refractivity (Wildman–Crippen MR) is 59.6 cm³/mol. The number of carbonyl (C=O) groups excluding carboxylic acids is 1. The highest BCUT2D eigenvalue weighted by Crippen LogP contribution is 2.33. The molecule has 1 aromatic heterocycles. The summed E-state index contributed by atoms with van der Waals surface area (Å²) in [5.74, 6) is 0.871. The van der Waals surface area contributed by atoms with Crippen LogP contribution in [0.25, 0.3) is 0 Å². The Morgan fingerprint density at radius 1 is 1.62 bits per heavy atom. The smallest absolute Gasteiger partial charge is 0.249 e. The molecule has 84 valence electrons. The Kier molecular flexibility index (Phi) is 2.07. The topological polar surface area (TPSA) is 54.5 Å². The molecule has 5 nitrogen and oxygen atoms in total. The number of nitrogens with zero attached hydrogens (tertiary/aromatic N) is 2. The molecule has 3 rings (SSSR count). The number of aryl methyl sites for hydroxylation is 1. The van der Waals surface area contributed by atoms with E-state index < -0.39 is 0 Å². The molecule has 1 fully saturated rings. The van der Waals surface area contributed by atoms with E-state index in [1.165, 1.54) is 0 Å². The van der Waals surface area contributed by atoms with Gasteiger partial charge >= 0.3 is 0 Å². The summed E-state index contributed by atoms with van der Waals surface area (Å²) in [6.45, 7) is 3.79. The maximum Gasteiger partial charge on any atom is 0.249 e. The minimum atomic E-state index is -0.226. The van der Waals surface area contributed by atoms with Crippen molar-refractivity contribution in [3.8, 4) is 0 Å². The lowest BCUT2D eigenvalue weighted by molar-refractivity contribution is -0.120. The van der Waals surface area contributed by atoms with Gasteiger partial charge in [0.25, 0.3) is 0 Å². The van der Waals surface area contributed by atoms with E-state index in [9.17, 15) is 4.79 Å². The molecule has 0 aromatic carbocycles. The first-order chi connectivity index (χ1) is 7.77. The van der Waals surface area contributed by atoms with Gasteiger partial charge in [-0.05, 0) is 18.6 Å². The fraction of sp³-hybridized carbons (Fsp3) is 0.455. The van der Waals surface area contributed by atoms with Crippen molar-refractivity contribution in [2.45, 2.75) is 13.0 Å². The molecule has 0 bridgehead atoms. The second-order valence-electron chi connectivity index (χ2n) is 4.10. The third-order valence-electron chi connectivity index (χ3n) is 3.09. The summed E-state index contributed by atoms with van der Waals surface area (Å²) in [6.07, 6.45) is 1.78. The summed E-state index contributed by atoms with van der Waals surface area (Å²) in [6, 6.07) is 1.68. The number of fused-ring (bicyclic) bond motifs is 3. The summed E-state index contributed by atoms with van der Waals surface area (Å²) >= 11 is 0. The second kappa shape index (κ2) is 3.45. The summed E-state index contributed by atoms with van der Waals surface area (Å²) in [5.41, 5.74) is 1.88. The van der Waals surface area contributed by atoms with Crippen molar-refractivity contribution in [1.82, 2.24) is 4.98 Å². The first-order valence-electron chi connectivity index (χ1n) is 5.38. The molecule has 5 heteroatoms. The summed E-state index contributed by atoms with van der Waals surface area (Å²) in [5, 5.41) is 2.90. The second-order valence-corrected chi connectivity index (χ2v) is 4.10. The van der Waals surface area contributed by atoms with Crippen LogP contribution in [0, 0.1) is 6.92 Å². The molecule has 1 aromatic rings. The Morgan fingerprint density at radius 2 is 2.50 bits per heavy atom. The van der Waals surface area contributed by atoms with Crippen LogP contribution in [0.5, 0.6) is 0 Å². The van der Waals surface area contributed by atoms with Crippen LogP contribution < -0.4 is 10.2 Å². The molecule has 0 radical (unpaired) electrons. The standard InChI is InChI=1S/C11H13N3O2/c1-7-2-3-12-10-9(7)13-11(15)8-6-16-5-4-14(8)10/h2-3,8H,4-6H2,1H3,(H,13,15). The van der Waals surface area contributed by atoms with E-state index >= 15 is 0 Å². The van der Waals surface area contributed by atoms with E-state index in [4.69, 9.17) is 4.74 Å². The van der Waals surface area contributed by atoms with Gasteiger partial charge in [0.05, 0.1) is 18.9 Å². The first-order valence-corrected chi connectivity index (χ1v) is 5.38. The SMILES string of the molecule is Cc1ccnc2c1NC(=O)C1COCCN21. The third-order valence-corrected chi connectivity index (χ3v) is 3.09. The Balaban J connectivity index is 2.10. The number of nitrogens with one attached hydrogen (secondary N) is 1. The van der Waals surface area contributed by atoms with Crippen molar-refractivity contribution >= 4 is 17.4 Å². The van der Waals surface area contributed by atoms with Crippen LogP contribution in [0.4, 0.5) is 11.5 Å². The zero-order chi connectivity index (χ0) is 11.1. The van der Waals surface area contributed by atoms with E-state index in [0.29, 0.717) is 13.2 Å². The van der Waals surface area contributed by atoms with Crippen molar-refractivity contribution < 1.29 is 9.53 Å². The molecule has 2 aliphatic rings. The number of ether oxygens (including phenoxy) is 1. The molecule has 1 N–H and O–H groups in total. The number of pyridine rings is 1. The van der Waals surface area contributed by atoms with Gasteiger partial charge in [0.15, 0.2) is 5.82 Å². The maximum atomic E-state index is 11.9. The average molecular weight is 219 g/mol. The Hall–Kier alpha value is -1.62. The molecule has 3 heterocycles. The lowest BCUT2D eigenvalue weighted by Crippen LogP contribution is -2.55. The number of rotatable bonds is 0. The minimum Gasteiger partial charge on any atom is -0.377 e. The van der Waals surface area contributed by atoms with Crippen molar-refractivity contribution in [2.75, 3.05) is 30.0 Å². The maximum absolute atomic E-state index is 11.9. The Morgan fingerprint density at radius 3 is 3.38 bits per heavy atom. The van der Waals surface area contributed by atoms with E-state index in [-0.39, 0.29) is 11.9 Å². The summed E-state index contributed by atoms with van der Waals surface area (Å²) in [7, 11) is 0. The molecule has 1 amide bonds. The number of amides is 1. The number of hydrogen-bond donors (Lipinski definition) is 1. The van der Waals surface area contributed by atoms with Gasteiger partial charge in [0, 0.05) is 12.7 Å². The zero-order valence-electron chi connectivity index (χ0n) is 9.06. The van der Waals surface area contributed by atoms with Gasteiger partial charge < -0.3 is 15.0 Å². The largest absolute Gasteiger partial charge is 0.377 e. The van der Waals surface area contributed by atoms with Crippen molar-refractivity contribution in [3.05, 3.63) is 17.8 Å². The first kappa shape index (κ1) is 9.59. The molecule has 1 atom stereocenters. The van der Waals surface area contributed by atoms with Crippen LogP contribution in [-0.2, 0) is 9.53 Å². The quantitative estimate of drug-likeness (QED) is 0.692. The molecule has 0 spiro atoms. The average Bonchev–Trinajstić information content (AvgIpc) is 2.31. The van der Waals surface area contributed by atoms with E-state index in [1.54, 1.807) is 6.20 Å². The number of hydrogen-bond acceptors (Lipinski definition) is 4. The predicted octanol–water partition coefficient (Wildman–Crippen LogP) is 0.547. The molecule has 0 aliphatic carbocycles. The monoisotopic (exact) mass is 219 g/mol. The molecular formula is C11H13N3O2. The highest BCUT2D eigenvalue weighted by molar-refractivity contribution is 6.03. The Labute approximate surface area is 93.4 Å². The molecular weight excluding hydrogens is 206 g/mol. The van der Waals surface area contributed by atoms with E-state index in [1.807, 2.05) is 17.9 Å². The van der Waals surface area contributed by atoms with Crippen LogP contribution in [0.15, 0.2) is 12.3 Å². The lowest BCUT2D eigenvalue weighted by atomic mass is 10.1. The van der Waals surface area contributed by atoms with Gasteiger partial charge in [0.2, 0.25) is 5.91 Å². The molecule has 0 saturated carbocycles. The summed E-state index contributed by atoms with van der Waals surface area (Å²) < 4.78 is 5.32. The third kappa shape index (κ3) is 1.28. The van der Waals surface area contributed by atoms with Gasteiger partial charge in [0.1, 0.15) is 6.04 Å². The molecule has 2 aliphatic heterocycles. The van der Waals surface area contributed by atoms with Gasteiger partial charge in [-0.15, -0.1) is 0 Å². The number of anilines is 2. The van der Waals surface area contributed by atoms with Crippen molar-refractivity contribution in [1.29, 1.82) is 0 Å². The number of aromatic nitrogens is 1. The van der Waals surface area contributed by atoms with Crippen LogP contribution >= 0.6 is 0 Å². The zero-order valence-corrected chi connectivity index (χ0v) is 9.06. The van der Waals surface area contributed by atoms with Crippen LogP contribution in [0.3, 0.4) is 0 Å². The number of morpholine rings is 1. The molecule has 16 heavy (non-hydrogen) atoms. The van der Waals surface area contributed by atoms with Gasteiger partial charge in [-0.3, -0.25) is 4.79 Å². The minimum absolute atomic E-state index is 0.00306. The lowest BCUT2D eigenvalue weighted by Gasteiger charge is -2.40. The number of carbonyl (C=O) groups is 1.